The third-order valence-corrected chi connectivity index (χ3v) is 4.07. The highest BCUT2D eigenvalue weighted by atomic mass is 32.2. The average Bonchev–Trinajstić information content (AvgIpc) is 2.64. The van der Waals surface area contributed by atoms with E-state index in [1.165, 1.54) is 6.08 Å². The van der Waals surface area contributed by atoms with Crippen LogP contribution in [0.15, 0.2) is 53.7 Å². The number of benzene rings is 1. The van der Waals surface area contributed by atoms with Crippen LogP contribution in [0.4, 0.5) is 0 Å². The number of nitrogens with zero attached hydrogens (tertiary/aromatic N) is 1. The van der Waals surface area contributed by atoms with Crippen molar-refractivity contribution in [2.45, 2.75) is 5.03 Å². The van der Waals surface area contributed by atoms with Crippen LogP contribution < -0.4 is 14.8 Å². The van der Waals surface area contributed by atoms with Gasteiger partial charge in [0, 0.05) is 24.6 Å². The van der Waals surface area contributed by atoms with Crippen molar-refractivity contribution in [3.05, 3.63) is 54.2 Å². The number of hydrogen-bond acceptors (Lipinski definition) is 5. The molecule has 0 aliphatic rings. The van der Waals surface area contributed by atoms with Crippen LogP contribution in [0.1, 0.15) is 5.56 Å². The summed E-state index contributed by atoms with van der Waals surface area (Å²) in [6.07, 6.45) is 5.00. The predicted molar refractivity (Wildman–Crippen MR) is 96.6 cm³/mol. The zero-order chi connectivity index (χ0) is 17.2. The molecule has 1 amide bonds. The van der Waals surface area contributed by atoms with E-state index in [-0.39, 0.29) is 5.91 Å². The maximum absolute atomic E-state index is 11.8. The number of rotatable bonds is 8. The highest BCUT2D eigenvalue weighted by Gasteiger charge is 2.03. The second kappa shape index (κ2) is 9.62. The molecule has 0 aliphatic carbocycles. The number of nitrogens with one attached hydrogen (secondary N) is 1. The molecule has 1 aromatic carbocycles. The first-order valence-electron chi connectivity index (χ1n) is 7.44. The lowest BCUT2D eigenvalue weighted by molar-refractivity contribution is -0.116. The number of amides is 1. The summed E-state index contributed by atoms with van der Waals surface area (Å²) in [5, 5.41) is 3.80. The molecule has 0 aliphatic heterocycles. The summed E-state index contributed by atoms with van der Waals surface area (Å²) in [5.41, 5.74) is 0.866. The molecule has 0 radical (unpaired) electrons. The summed E-state index contributed by atoms with van der Waals surface area (Å²) in [7, 11) is 3.17. The van der Waals surface area contributed by atoms with Crippen LogP contribution in [-0.4, -0.2) is 37.4 Å². The molecule has 6 heteroatoms. The van der Waals surface area contributed by atoms with Crippen molar-refractivity contribution in [2.24, 2.45) is 0 Å². The number of carbonyl (C=O) groups excluding carboxylic acids is 1. The van der Waals surface area contributed by atoms with Gasteiger partial charge in [-0.05, 0) is 35.9 Å². The van der Waals surface area contributed by atoms with Gasteiger partial charge in [-0.1, -0.05) is 12.1 Å². The van der Waals surface area contributed by atoms with E-state index in [0.29, 0.717) is 18.0 Å². The van der Waals surface area contributed by atoms with Gasteiger partial charge in [-0.3, -0.25) is 4.79 Å². The number of methoxy groups -OCH3 is 2. The fourth-order valence-corrected chi connectivity index (χ4v) is 2.67. The summed E-state index contributed by atoms with van der Waals surface area (Å²) >= 11 is 1.61. The molecule has 0 saturated carbocycles. The molecule has 0 saturated heterocycles. The molecular formula is C18H20N2O3S. The van der Waals surface area contributed by atoms with Crippen molar-refractivity contribution in [2.75, 3.05) is 26.5 Å². The van der Waals surface area contributed by atoms with Crippen molar-refractivity contribution in [3.8, 4) is 11.5 Å². The standard InChI is InChI=1S/C18H20N2O3S/c1-22-15-8-6-14(13-16(15)23-2)7-9-17(21)19-11-12-24-18-5-3-4-10-20-18/h3-10,13H,11-12H2,1-2H3,(H,19,21). The number of hydrogen-bond donors (Lipinski definition) is 1. The molecule has 1 aromatic heterocycles. The van der Waals surface area contributed by atoms with Gasteiger partial charge < -0.3 is 14.8 Å². The van der Waals surface area contributed by atoms with Crippen LogP contribution in [0.3, 0.4) is 0 Å². The van der Waals surface area contributed by atoms with Crippen LogP contribution in [0, 0.1) is 0 Å². The Balaban J connectivity index is 1.78. The Bertz CT molecular complexity index is 690. The minimum atomic E-state index is -0.133. The van der Waals surface area contributed by atoms with Crippen LogP contribution in [0.5, 0.6) is 11.5 Å². The third-order valence-electron chi connectivity index (χ3n) is 3.12. The van der Waals surface area contributed by atoms with Crippen LogP contribution in [0.25, 0.3) is 6.08 Å². The molecule has 1 heterocycles. The molecule has 0 spiro atoms. The first kappa shape index (κ1) is 17.9. The topological polar surface area (TPSA) is 60.5 Å². The van der Waals surface area contributed by atoms with Crippen LogP contribution in [-0.2, 0) is 4.79 Å². The summed E-state index contributed by atoms with van der Waals surface area (Å²) in [6, 6.07) is 11.3. The van der Waals surface area contributed by atoms with E-state index in [0.717, 1.165) is 16.3 Å². The van der Waals surface area contributed by atoms with Crippen LogP contribution in [0.2, 0.25) is 0 Å². The summed E-state index contributed by atoms with van der Waals surface area (Å²) in [4.78, 5) is 16.0. The maximum Gasteiger partial charge on any atom is 0.244 e. The molecule has 24 heavy (non-hydrogen) atoms. The smallest absolute Gasteiger partial charge is 0.244 e. The van der Waals surface area contributed by atoms with Crippen molar-refractivity contribution in [3.63, 3.8) is 0 Å². The largest absolute Gasteiger partial charge is 0.493 e. The highest BCUT2D eigenvalue weighted by molar-refractivity contribution is 7.99. The van der Waals surface area contributed by atoms with E-state index in [4.69, 9.17) is 9.47 Å². The second-order valence-corrected chi connectivity index (χ2v) is 5.87. The number of ether oxygens (including phenoxy) is 2. The molecule has 0 atom stereocenters. The van der Waals surface area contributed by atoms with E-state index in [1.54, 1.807) is 44.3 Å². The molecular weight excluding hydrogens is 324 g/mol. The van der Waals surface area contributed by atoms with Gasteiger partial charge in [-0.15, -0.1) is 11.8 Å². The monoisotopic (exact) mass is 344 g/mol. The number of aromatic nitrogens is 1. The Morgan fingerprint density at radius 2 is 2.04 bits per heavy atom. The van der Waals surface area contributed by atoms with Crippen molar-refractivity contribution < 1.29 is 14.3 Å². The minimum Gasteiger partial charge on any atom is -0.493 e. The lowest BCUT2D eigenvalue weighted by atomic mass is 10.2. The van der Waals surface area contributed by atoms with Crippen molar-refractivity contribution >= 4 is 23.7 Å². The van der Waals surface area contributed by atoms with Gasteiger partial charge in [0.1, 0.15) is 0 Å². The summed E-state index contributed by atoms with van der Waals surface area (Å²) in [6.45, 7) is 0.580. The van der Waals surface area contributed by atoms with Crippen molar-refractivity contribution in [1.29, 1.82) is 0 Å². The molecule has 1 N–H and O–H groups in total. The van der Waals surface area contributed by atoms with Gasteiger partial charge in [-0.25, -0.2) is 4.98 Å². The number of thioether (sulfide) groups is 1. The van der Waals surface area contributed by atoms with Crippen molar-refractivity contribution in [1.82, 2.24) is 10.3 Å². The zero-order valence-electron chi connectivity index (χ0n) is 13.7. The molecule has 126 valence electrons. The second-order valence-electron chi connectivity index (χ2n) is 4.76. The first-order valence-corrected chi connectivity index (χ1v) is 8.43. The summed E-state index contributed by atoms with van der Waals surface area (Å²) < 4.78 is 10.4. The first-order chi connectivity index (χ1) is 11.7. The van der Waals surface area contributed by atoms with E-state index < -0.39 is 0 Å². The fourth-order valence-electron chi connectivity index (χ4n) is 1.95. The van der Waals surface area contributed by atoms with E-state index in [9.17, 15) is 4.79 Å². The number of carbonyl (C=O) groups is 1. The Morgan fingerprint density at radius 3 is 2.75 bits per heavy atom. The Morgan fingerprint density at radius 1 is 1.21 bits per heavy atom. The number of pyridine rings is 1. The van der Waals surface area contributed by atoms with Gasteiger partial charge in [0.15, 0.2) is 11.5 Å². The van der Waals surface area contributed by atoms with Gasteiger partial charge in [0.05, 0.1) is 19.2 Å². The molecule has 0 unspecified atom stereocenters. The fraction of sp³-hybridized carbons (Fsp3) is 0.222. The Hall–Kier alpha value is -2.47. The van der Waals surface area contributed by atoms with Gasteiger partial charge in [0.25, 0.3) is 0 Å². The molecule has 2 aromatic rings. The van der Waals surface area contributed by atoms with E-state index in [1.807, 2.05) is 30.3 Å². The normalized spacial score (nSPS) is 10.6. The van der Waals surface area contributed by atoms with Gasteiger partial charge in [0.2, 0.25) is 5.91 Å². The molecule has 0 bridgehead atoms. The maximum atomic E-state index is 11.8. The Kier molecular flexibility index (Phi) is 7.17. The molecule has 5 nitrogen and oxygen atoms in total. The highest BCUT2D eigenvalue weighted by Crippen LogP contribution is 2.27. The quantitative estimate of drug-likeness (QED) is 0.453. The van der Waals surface area contributed by atoms with Gasteiger partial charge >= 0.3 is 0 Å². The zero-order valence-corrected chi connectivity index (χ0v) is 14.5. The minimum absolute atomic E-state index is 0.133. The predicted octanol–water partition coefficient (Wildman–Crippen LogP) is 3.02. The average molecular weight is 344 g/mol. The third kappa shape index (κ3) is 5.62. The van der Waals surface area contributed by atoms with Crippen LogP contribution >= 0.6 is 11.8 Å². The van der Waals surface area contributed by atoms with Gasteiger partial charge in [-0.2, -0.15) is 0 Å². The van der Waals surface area contributed by atoms with E-state index >= 15 is 0 Å². The SMILES string of the molecule is COc1ccc(C=CC(=O)NCCSc2ccccn2)cc1OC. The van der Waals surface area contributed by atoms with E-state index in [2.05, 4.69) is 10.3 Å². The lowest BCUT2D eigenvalue weighted by Gasteiger charge is -2.07. The molecule has 0 fully saturated rings. The summed E-state index contributed by atoms with van der Waals surface area (Å²) in [5.74, 6) is 1.93. The Labute approximate surface area is 146 Å². The molecule has 2 rings (SSSR count). The lowest BCUT2D eigenvalue weighted by Crippen LogP contribution is -2.23.